The Bertz CT molecular complexity index is 3240. The third kappa shape index (κ3) is 5.65. The molecule has 2 heterocycles. The van der Waals surface area contributed by atoms with Crippen LogP contribution in [-0.4, -0.2) is 9.13 Å². The molecule has 0 aliphatic heterocycles. The van der Waals surface area contributed by atoms with Gasteiger partial charge in [-0.15, -0.1) is 0 Å². The quantitative estimate of drug-likeness (QED) is 0.147. The molecule has 3 nitrogen and oxygen atoms in total. The first kappa shape index (κ1) is 35.8. The average molecular weight is 772 g/mol. The van der Waals surface area contributed by atoms with E-state index < -0.39 is 0 Å². The van der Waals surface area contributed by atoms with Crippen LogP contribution in [0.1, 0.15) is 47.4 Å². The van der Waals surface area contributed by atoms with Gasteiger partial charge in [-0.05, 0) is 144 Å². The topological polar surface area (TPSA) is 13.1 Å². The molecule has 0 fully saturated rings. The van der Waals surface area contributed by atoms with Crippen LogP contribution in [0.3, 0.4) is 0 Å². The molecule has 0 spiro atoms. The largest absolute Gasteiger partial charge is 0.314 e. The van der Waals surface area contributed by atoms with E-state index in [0.29, 0.717) is 0 Å². The van der Waals surface area contributed by atoms with Gasteiger partial charge in [0, 0.05) is 55.7 Å². The first-order chi connectivity index (χ1) is 29.3. The molecule has 11 rings (SSSR count). The molecule has 0 atom stereocenters. The van der Waals surface area contributed by atoms with Crippen LogP contribution in [0.4, 0.5) is 17.1 Å². The van der Waals surface area contributed by atoms with Gasteiger partial charge >= 0.3 is 0 Å². The Labute approximate surface area is 351 Å². The Morgan fingerprint density at radius 3 is 1.57 bits per heavy atom. The minimum Gasteiger partial charge on any atom is -0.314 e. The fourth-order valence-corrected chi connectivity index (χ4v) is 9.75. The Morgan fingerprint density at radius 2 is 0.933 bits per heavy atom. The van der Waals surface area contributed by atoms with Gasteiger partial charge in [0.1, 0.15) is 0 Å². The van der Waals surface area contributed by atoms with Crippen LogP contribution in [0, 0.1) is 13.8 Å². The average Bonchev–Trinajstić information content (AvgIpc) is 3.83. The van der Waals surface area contributed by atoms with Crippen molar-refractivity contribution in [3.8, 4) is 22.5 Å². The smallest absolute Gasteiger partial charge is 0.0542 e. The van der Waals surface area contributed by atoms with E-state index in [0.717, 1.165) is 22.7 Å². The van der Waals surface area contributed by atoms with Crippen molar-refractivity contribution in [2.24, 2.45) is 0 Å². The summed E-state index contributed by atoms with van der Waals surface area (Å²) in [6, 6.07) is 68.5. The molecule has 288 valence electrons. The van der Waals surface area contributed by atoms with Crippen molar-refractivity contribution in [3.05, 3.63) is 222 Å². The summed E-state index contributed by atoms with van der Waals surface area (Å²) in [5, 5.41) is 3.77. The fraction of sp³-hybridized carbons (Fsp3) is 0.0877. The molecule has 0 radical (unpaired) electrons. The molecule has 0 unspecified atom stereocenters. The van der Waals surface area contributed by atoms with Gasteiger partial charge in [-0.2, -0.15) is 0 Å². The van der Waals surface area contributed by atoms with E-state index in [1.807, 2.05) is 0 Å². The van der Waals surface area contributed by atoms with Gasteiger partial charge in [0.2, 0.25) is 0 Å². The summed E-state index contributed by atoms with van der Waals surface area (Å²) in [5.74, 6) is 0. The van der Waals surface area contributed by atoms with Crippen molar-refractivity contribution in [3.63, 3.8) is 0 Å². The first-order valence-electron chi connectivity index (χ1n) is 20.9. The summed E-state index contributed by atoms with van der Waals surface area (Å²) in [6.45, 7) is 9.27. The number of para-hydroxylation sites is 4. The Kier molecular flexibility index (Phi) is 8.28. The first-order valence-corrected chi connectivity index (χ1v) is 20.9. The van der Waals surface area contributed by atoms with Gasteiger partial charge in [0.05, 0.1) is 16.6 Å². The van der Waals surface area contributed by atoms with Crippen LogP contribution in [0.2, 0.25) is 0 Å². The summed E-state index contributed by atoms with van der Waals surface area (Å²) in [6.07, 6.45) is 4.55. The summed E-state index contributed by atoms with van der Waals surface area (Å²) in [4.78, 5) is 2.34. The highest BCUT2D eigenvalue weighted by Crippen LogP contribution is 2.51. The van der Waals surface area contributed by atoms with E-state index in [4.69, 9.17) is 0 Å². The number of hydrogen-bond acceptors (Lipinski definition) is 1. The summed E-state index contributed by atoms with van der Waals surface area (Å²) >= 11 is 0. The van der Waals surface area contributed by atoms with Crippen LogP contribution >= 0.6 is 0 Å². The molecular formula is C57H45N3. The molecule has 10 aromatic rings. The standard InChI is InChI=1S/C57H45N3/c1-38-39(2)58(42-17-9-5-10-18-42)56-37-53-49(36-48(38)56)47-30-27-41(34-52(47)57(53,3)4)26-25-40-28-31-54-50(33-40)51-35-46(29-32-55(51)60(54)45-23-15-8-16-24-45)59(43-19-11-6-12-20-43)44-21-13-7-14-22-44/h5-37H,1-4H3/b26-25+. The van der Waals surface area contributed by atoms with Gasteiger partial charge in [0.25, 0.3) is 0 Å². The van der Waals surface area contributed by atoms with Crippen LogP contribution < -0.4 is 4.90 Å². The fourth-order valence-electron chi connectivity index (χ4n) is 9.75. The second-order valence-corrected chi connectivity index (χ2v) is 16.7. The van der Waals surface area contributed by atoms with Crippen molar-refractivity contribution in [2.75, 3.05) is 4.90 Å². The maximum atomic E-state index is 2.46. The lowest BCUT2D eigenvalue weighted by atomic mass is 9.81. The number of anilines is 3. The summed E-state index contributed by atoms with van der Waals surface area (Å²) in [5.41, 5.74) is 19.7. The van der Waals surface area contributed by atoms with Crippen molar-refractivity contribution in [1.82, 2.24) is 9.13 Å². The third-order valence-corrected chi connectivity index (χ3v) is 12.9. The van der Waals surface area contributed by atoms with E-state index in [1.54, 1.807) is 0 Å². The van der Waals surface area contributed by atoms with Crippen molar-refractivity contribution >= 4 is 61.9 Å². The number of aromatic nitrogens is 2. The summed E-state index contributed by atoms with van der Waals surface area (Å²) in [7, 11) is 0. The van der Waals surface area contributed by atoms with Gasteiger partial charge in [-0.3, -0.25) is 0 Å². The zero-order valence-corrected chi connectivity index (χ0v) is 34.4. The highest BCUT2D eigenvalue weighted by Gasteiger charge is 2.36. The normalized spacial score (nSPS) is 13.1. The van der Waals surface area contributed by atoms with Gasteiger partial charge in [-0.1, -0.05) is 123 Å². The molecule has 0 amide bonds. The predicted molar refractivity (Wildman–Crippen MR) is 255 cm³/mol. The maximum Gasteiger partial charge on any atom is 0.0542 e. The molecule has 0 N–H and O–H groups in total. The van der Waals surface area contributed by atoms with Gasteiger partial charge in [-0.25, -0.2) is 0 Å². The highest BCUT2D eigenvalue weighted by atomic mass is 15.1. The van der Waals surface area contributed by atoms with E-state index >= 15 is 0 Å². The molecule has 8 aromatic carbocycles. The zero-order valence-electron chi connectivity index (χ0n) is 34.4. The third-order valence-electron chi connectivity index (χ3n) is 12.9. The van der Waals surface area contributed by atoms with E-state index in [2.05, 4.69) is 242 Å². The molecule has 1 aliphatic carbocycles. The Hall–Kier alpha value is -7.36. The molecule has 3 heteroatoms. The van der Waals surface area contributed by atoms with Crippen LogP contribution in [0.15, 0.2) is 188 Å². The van der Waals surface area contributed by atoms with E-state index in [9.17, 15) is 0 Å². The minimum atomic E-state index is -0.139. The lowest BCUT2D eigenvalue weighted by Gasteiger charge is -2.25. The molecule has 1 aliphatic rings. The monoisotopic (exact) mass is 771 g/mol. The van der Waals surface area contributed by atoms with E-state index in [-0.39, 0.29) is 5.41 Å². The van der Waals surface area contributed by atoms with E-state index in [1.165, 1.54) is 83.0 Å². The number of benzene rings is 8. The van der Waals surface area contributed by atoms with Gasteiger partial charge in [0.15, 0.2) is 0 Å². The van der Waals surface area contributed by atoms with Crippen molar-refractivity contribution in [2.45, 2.75) is 33.1 Å². The SMILES string of the molecule is Cc1c(C)n(-c2ccccc2)c2cc3c(cc12)-c1ccc(/C=C/c2ccc4c(c2)c2cc(N(c5ccccc5)c5ccccc5)ccc2n4-c2ccccc2)cc1C3(C)C. The Balaban J connectivity index is 0.998. The number of rotatable bonds is 7. The lowest BCUT2D eigenvalue weighted by Crippen LogP contribution is -2.15. The lowest BCUT2D eigenvalue weighted by molar-refractivity contribution is 0.660. The molecule has 0 bridgehead atoms. The molecule has 0 saturated heterocycles. The highest BCUT2D eigenvalue weighted by molar-refractivity contribution is 6.11. The number of fused-ring (bicyclic) bond motifs is 7. The minimum absolute atomic E-state index is 0.139. The van der Waals surface area contributed by atoms with Crippen molar-refractivity contribution in [1.29, 1.82) is 0 Å². The van der Waals surface area contributed by atoms with Crippen LogP contribution in [-0.2, 0) is 5.41 Å². The van der Waals surface area contributed by atoms with Crippen LogP contribution in [0.25, 0.3) is 67.4 Å². The number of hydrogen-bond donors (Lipinski definition) is 0. The number of aryl methyl sites for hydroxylation is 1. The second kappa shape index (κ2) is 13.9. The maximum absolute atomic E-state index is 2.46. The van der Waals surface area contributed by atoms with Crippen LogP contribution in [0.5, 0.6) is 0 Å². The second-order valence-electron chi connectivity index (χ2n) is 16.7. The molecule has 0 saturated carbocycles. The Morgan fingerprint density at radius 1 is 0.417 bits per heavy atom. The van der Waals surface area contributed by atoms with Gasteiger partial charge < -0.3 is 14.0 Å². The number of nitrogens with zero attached hydrogens (tertiary/aromatic N) is 3. The summed E-state index contributed by atoms with van der Waals surface area (Å²) < 4.78 is 4.82. The van der Waals surface area contributed by atoms with Crippen molar-refractivity contribution < 1.29 is 0 Å². The molecular weight excluding hydrogens is 727 g/mol. The predicted octanol–water partition coefficient (Wildman–Crippen LogP) is 15.3. The zero-order chi connectivity index (χ0) is 40.5. The molecule has 60 heavy (non-hydrogen) atoms. The molecule has 2 aromatic heterocycles.